The lowest BCUT2D eigenvalue weighted by Gasteiger charge is -2.09. The molecule has 0 heterocycles. The number of nitro benzene ring substituents is 1. The number of benzene rings is 2. The van der Waals surface area contributed by atoms with E-state index in [0.29, 0.717) is 23.3 Å². The highest BCUT2D eigenvalue weighted by molar-refractivity contribution is 7.89. The first-order chi connectivity index (χ1) is 13.1. The summed E-state index contributed by atoms with van der Waals surface area (Å²) in [5.74, 6) is -0.0400. The van der Waals surface area contributed by atoms with E-state index in [2.05, 4.69) is 9.84 Å². The molecular formula is C17H17F2N3O5S. The molecule has 0 aliphatic carbocycles. The zero-order chi connectivity index (χ0) is 20.9. The second-order valence-corrected chi connectivity index (χ2v) is 7.28. The minimum atomic E-state index is -4.14. The number of ether oxygens (including phenoxy) is 1. The summed E-state index contributed by atoms with van der Waals surface area (Å²) in [5.41, 5.74) is 0.848. The fourth-order valence-electron chi connectivity index (χ4n) is 2.30. The minimum Gasteiger partial charge on any atom is -0.435 e. The Labute approximate surface area is 160 Å². The monoisotopic (exact) mass is 413 g/mol. The summed E-state index contributed by atoms with van der Waals surface area (Å²) in [6.07, 6.45) is 0.339. The Bertz CT molecular complexity index is 992. The van der Waals surface area contributed by atoms with E-state index in [1.165, 1.54) is 43.3 Å². The maximum Gasteiger partial charge on any atom is 0.387 e. The van der Waals surface area contributed by atoms with Crippen LogP contribution in [0.3, 0.4) is 0 Å². The summed E-state index contributed by atoms with van der Waals surface area (Å²) < 4.78 is 53.5. The van der Waals surface area contributed by atoms with E-state index in [-0.39, 0.29) is 16.3 Å². The number of hydrogen-bond acceptors (Lipinski definition) is 6. The average molecular weight is 413 g/mol. The molecule has 0 aliphatic rings. The molecule has 1 N–H and O–H groups in total. The van der Waals surface area contributed by atoms with E-state index in [4.69, 9.17) is 0 Å². The Kier molecular flexibility index (Phi) is 6.62. The molecule has 0 atom stereocenters. The van der Waals surface area contributed by atoms with Gasteiger partial charge in [0.2, 0.25) is 0 Å². The van der Waals surface area contributed by atoms with E-state index in [1.54, 1.807) is 6.92 Å². The van der Waals surface area contributed by atoms with Crippen LogP contribution in [0, 0.1) is 17.0 Å². The smallest absolute Gasteiger partial charge is 0.387 e. The van der Waals surface area contributed by atoms with Gasteiger partial charge in [-0.1, -0.05) is 13.0 Å². The second-order valence-electron chi connectivity index (χ2n) is 5.62. The molecule has 150 valence electrons. The van der Waals surface area contributed by atoms with Crippen molar-refractivity contribution in [2.75, 3.05) is 0 Å². The number of nitro groups is 1. The first-order valence-electron chi connectivity index (χ1n) is 8.02. The highest BCUT2D eigenvalue weighted by atomic mass is 32.2. The van der Waals surface area contributed by atoms with Crippen LogP contribution in [0.2, 0.25) is 0 Å². The Morgan fingerprint density at radius 3 is 2.43 bits per heavy atom. The van der Waals surface area contributed by atoms with Crippen LogP contribution in [0.25, 0.3) is 0 Å². The van der Waals surface area contributed by atoms with Gasteiger partial charge < -0.3 is 4.74 Å². The molecule has 0 aromatic heterocycles. The Morgan fingerprint density at radius 1 is 1.25 bits per heavy atom. The van der Waals surface area contributed by atoms with Gasteiger partial charge in [0.15, 0.2) is 0 Å². The van der Waals surface area contributed by atoms with Crippen molar-refractivity contribution < 1.29 is 26.9 Å². The van der Waals surface area contributed by atoms with Gasteiger partial charge in [-0.15, -0.1) is 0 Å². The molecule has 28 heavy (non-hydrogen) atoms. The summed E-state index contributed by atoms with van der Waals surface area (Å²) in [6, 6.07) is 9.07. The fraction of sp³-hybridized carbons (Fsp3) is 0.235. The van der Waals surface area contributed by atoms with E-state index < -0.39 is 21.6 Å². The Morgan fingerprint density at radius 2 is 1.89 bits per heavy atom. The average Bonchev–Trinajstić information content (AvgIpc) is 2.63. The SMILES string of the molecule is CC/C(=N/NS(=O)(=O)c1ccc(C)c([N+](=O)[O-])c1)c1ccc(OC(F)F)cc1. The predicted molar refractivity (Wildman–Crippen MR) is 98.1 cm³/mol. The Hall–Kier alpha value is -3.08. The maximum absolute atomic E-state index is 12.4. The third-order valence-corrected chi connectivity index (χ3v) is 4.94. The minimum absolute atomic E-state index is 0.0400. The van der Waals surface area contributed by atoms with Crippen molar-refractivity contribution in [3.8, 4) is 5.75 Å². The summed E-state index contributed by atoms with van der Waals surface area (Å²) >= 11 is 0. The van der Waals surface area contributed by atoms with Gasteiger partial charge >= 0.3 is 6.61 Å². The zero-order valence-electron chi connectivity index (χ0n) is 14.9. The Balaban J connectivity index is 2.26. The number of halogens is 2. The zero-order valence-corrected chi connectivity index (χ0v) is 15.7. The molecule has 8 nitrogen and oxygen atoms in total. The van der Waals surface area contributed by atoms with Crippen molar-refractivity contribution in [3.05, 3.63) is 63.7 Å². The third-order valence-electron chi connectivity index (χ3n) is 3.74. The van der Waals surface area contributed by atoms with Crippen LogP contribution >= 0.6 is 0 Å². The third kappa shape index (κ3) is 5.22. The first kappa shape index (κ1) is 21.2. The second kappa shape index (κ2) is 8.74. The van der Waals surface area contributed by atoms with Crippen molar-refractivity contribution in [2.24, 2.45) is 5.10 Å². The molecule has 2 aromatic rings. The molecule has 0 radical (unpaired) electrons. The van der Waals surface area contributed by atoms with E-state index in [1.807, 2.05) is 4.83 Å². The number of hydrazone groups is 1. The van der Waals surface area contributed by atoms with Crippen LogP contribution < -0.4 is 9.57 Å². The van der Waals surface area contributed by atoms with Gasteiger partial charge in [0, 0.05) is 11.6 Å². The van der Waals surface area contributed by atoms with Crippen molar-refractivity contribution in [1.29, 1.82) is 0 Å². The molecule has 11 heteroatoms. The number of sulfonamides is 1. The van der Waals surface area contributed by atoms with E-state index in [0.717, 1.165) is 6.07 Å². The molecule has 0 unspecified atom stereocenters. The highest BCUT2D eigenvalue weighted by Crippen LogP contribution is 2.22. The molecule has 0 bridgehead atoms. The van der Waals surface area contributed by atoms with E-state index in [9.17, 15) is 27.3 Å². The lowest BCUT2D eigenvalue weighted by atomic mass is 10.1. The summed E-state index contributed by atoms with van der Waals surface area (Å²) in [5, 5.41) is 14.9. The summed E-state index contributed by atoms with van der Waals surface area (Å²) in [6.45, 7) is 0.278. The van der Waals surface area contributed by atoms with Gasteiger partial charge in [-0.25, -0.2) is 0 Å². The largest absolute Gasteiger partial charge is 0.435 e. The molecule has 0 amide bonds. The molecule has 2 aromatic carbocycles. The number of hydrogen-bond donors (Lipinski definition) is 1. The topological polar surface area (TPSA) is 111 Å². The number of alkyl halides is 2. The van der Waals surface area contributed by atoms with Crippen molar-refractivity contribution in [3.63, 3.8) is 0 Å². The van der Waals surface area contributed by atoms with Crippen LogP contribution in [0.4, 0.5) is 14.5 Å². The quantitative estimate of drug-likeness (QED) is 0.404. The standard InChI is InChI=1S/C17H17F2N3O5S/c1-3-15(12-5-7-13(8-6-12)27-17(18)19)20-21-28(25,26)14-9-4-11(2)16(10-14)22(23)24/h4-10,17,21H,3H2,1-2H3/b20-15-. The molecule has 0 saturated carbocycles. The normalized spacial score (nSPS) is 12.1. The number of aryl methyl sites for hydroxylation is 1. The van der Waals surface area contributed by atoms with E-state index >= 15 is 0 Å². The molecular weight excluding hydrogens is 396 g/mol. The van der Waals surface area contributed by atoms with Crippen LogP contribution in [-0.2, 0) is 10.0 Å². The molecule has 0 saturated heterocycles. The number of rotatable bonds is 8. The lowest BCUT2D eigenvalue weighted by Crippen LogP contribution is -2.20. The molecule has 2 rings (SSSR count). The van der Waals surface area contributed by atoms with Crippen LogP contribution in [0.15, 0.2) is 52.5 Å². The van der Waals surface area contributed by atoms with Gasteiger partial charge in [-0.2, -0.15) is 27.1 Å². The lowest BCUT2D eigenvalue weighted by molar-refractivity contribution is -0.385. The van der Waals surface area contributed by atoms with Gasteiger partial charge in [-0.3, -0.25) is 10.1 Å². The van der Waals surface area contributed by atoms with Crippen LogP contribution in [0.5, 0.6) is 5.75 Å². The van der Waals surface area contributed by atoms with Gasteiger partial charge in [0.05, 0.1) is 15.5 Å². The van der Waals surface area contributed by atoms with Crippen molar-refractivity contribution in [2.45, 2.75) is 31.8 Å². The van der Waals surface area contributed by atoms with Gasteiger partial charge in [-0.05, 0) is 49.2 Å². The van der Waals surface area contributed by atoms with Crippen LogP contribution in [0.1, 0.15) is 24.5 Å². The highest BCUT2D eigenvalue weighted by Gasteiger charge is 2.19. The van der Waals surface area contributed by atoms with Gasteiger partial charge in [0.25, 0.3) is 15.7 Å². The molecule has 0 fully saturated rings. The van der Waals surface area contributed by atoms with Crippen molar-refractivity contribution in [1.82, 2.24) is 4.83 Å². The van der Waals surface area contributed by atoms with Crippen molar-refractivity contribution >= 4 is 21.4 Å². The maximum atomic E-state index is 12.4. The number of nitrogens with one attached hydrogen (secondary N) is 1. The molecule has 0 aliphatic heterocycles. The summed E-state index contributed by atoms with van der Waals surface area (Å²) in [4.78, 5) is 12.1. The summed E-state index contributed by atoms with van der Waals surface area (Å²) in [7, 11) is -4.14. The van der Waals surface area contributed by atoms with Crippen LogP contribution in [-0.4, -0.2) is 25.7 Å². The molecule has 0 spiro atoms. The first-order valence-corrected chi connectivity index (χ1v) is 9.51. The predicted octanol–water partition coefficient (Wildman–Crippen LogP) is 3.60. The number of nitrogens with zero attached hydrogens (tertiary/aromatic N) is 2. The van der Waals surface area contributed by atoms with Gasteiger partial charge in [0.1, 0.15) is 5.75 Å². The fourth-order valence-corrected chi connectivity index (χ4v) is 3.15.